The normalized spacial score (nSPS) is 12.2. The summed E-state index contributed by atoms with van der Waals surface area (Å²) in [6.07, 6.45) is 5.09. The highest BCUT2D eigenvalue weighted by atomic mass is 16.3. The highest BCUT2D eigenvalue weighted by molar-refractivity contribution is 5.63. The Balaban J connectivity index is 1.61. The zero-order chi connectivity index (χ0) is 20.2. The van der Waals surface area contributed by atoms with E-state index in [9.17, 15) is 4.79 Å². The molecule has 0 amide bonds. The monoisotopic (exact) mass is 386 g/mol. The summed E-state index contributed by atoms with van der Waals surface area (Å²) in [4.78, 5) is 26.0. The van der Waals surface area contributed by atoms with Gasteiger partial charge in [-0.25, -0.2) is 4.98 Å². The number of aromatic nitrogens is 3. The number of benzene rings is 1. The molecule has 6 heteroatoms. The summed E-state index contributed by atoms with van der Waals surface area (Å²) in [5.41, 5.74) is 3.21. The third kappa shape index (κ3) is 4.33. The summed E-state index contributed by atoms with van der Waals surface area (Å²) in [5, 5.41) is 0. The van der Waals surface area contributed by atoms with Crippen LogP contribution in [0.15, 0.2) is 82.5 Å². The van der Waals surface area contributed by atoms with Crippen molar-refractivity contribution in [1.82, 2.24) is 19.9 Å². The van der Waals surface area contributed by atoms with Crippen LogP contribution in [0.2, 0.25) is 0 Å². The summed E-state index contributed by atoms with van der Waals surface area (Å²) < 4.78 is 5.52. The minimum Gasteiger partial charge on any atom is -0.468 e. The van der Waals surface area contributed by atoms with E-state index in [1.54, 1.807) is 18.7 Å². The number of rotatable bonds is 6. The molecule has 0 bridgehead atoms. The molecule has 3 heterocycles. The minimum absolute atomic E-state index is 0.153. The van der Waals surface area contributed by atoms with Crippen molar-refractivity contribution in [2.75, 3.05) is 7.05 Å². The maximum atomic E-state index is 12.2. The lowest BCUT2D eigenvalue weighted by molar-refractivity contribution is 0.223. The van der Waals surface area contributed by atoms with Crippen molar-refractivity contribution < 1.29 is 4.42 Å². The van der Waals surface area contributed by atoms with Crippen molar-refractivity contribution in [1.29, 1.82) is 0 Å². The number of pyridine rings is 1. The highest BCUT2D eigenvalue weighted by Gasteiger charge is 2.15. The van der Waals surface area contributed by atoms with Crippen LogP contribution >= 0.6 is 0 Å². The van der Waals surface area contributed by atoms with Gasteiger partial charge in [0.2, 0.25) is 0 Å². The number of hydrogen-bond donors (Lipinski definition) is 1. The van der Waals surface area contributed by atoms with E-state index in [1.165, 1.54) is 6.07 Å². The average Bonchev–Trinajstić information content (AvgIpc) is 3.28. The van der Waals surface area contributed by atoms with E-state index < -0.39 is 0 Å². The van der Waals surface area contributed by atoms with E-state index in [4.69, 9.17) is 4.42 Å². The third-order valence-electron chi connectivity index (χ3n) is 4.95. The molecule has 29 heavy (non-hydrogen) atoms. The van der Waals surface area contributed by atoms with Crippen LogP contribution in [-0.4, -0.2) is 26.9 Å². The smallest absolute Gasteiger partial charge is 0.251 e. The maximum Gasteiger partial charge on any atom is 0.251 e. The first-order chi connectivity index (χ1) is 14.1. The first-order valence-corrected chi connectivity index (χ1v) is 9.45. The molecule has 0 aliphatic heterocycles. The Labute approximate surface area is 168 Å². The van der Waals surface area contributed by atoms with Crippen LogP contribution in [-0.2, 0) is 6.54 Å². The first-order valence-electron chi connectivity index (χ1n) is 9.45. The van der Waals surface area contributed by atoms with Gasteiger partial charge in [0.1, 0.15) is 11.6 Å². The Bertz CT molecular complexity index is 1140. The second-order valence-corrected chi connectivity index (χ2v) is 7.03. The number of nitrogens with one attached hydrogen (secondary N) is 1. The van der Waals surface area contributed by atoms with Gasteiger partial charge in [0, 0.05) is 36.1 Å². The van der Waals surface area contributed by atoms with Gasteiger partial charge in [-0.1, -0.05) is 18.2 Å². The van der Waals surface area contributed by atoms with Crippen LogP contribution in [0.4, 0.5) is 0 Å². The van der Waals surface area contributed by atoms with Gasteiger partial charge in [-0.2, -0.15) is 0 Å². The molecule has 0 spiro atoms. The maximum absolute atomic E-state index is 12.2. The molecule has 1 aromatic carbocycles. The Morgan fingerprint density at radius 3 is 2.72 bits per heavy atom. The molecule has 0 aliphatic rings. The van der Waals surface area contributed by atoms with Crippen LogP contribution in [0.1, 0.15) is 24.3 Å². The number of furan rings is 1. The fraction of sp³-hybridized carbons (Fsp3) is 0.174. The zero-order valence-electron chi connectivity index (χ0n) is 16.4. The van der Waals surface area contributed by atoms with E-state index >= 15 is 0 Å². The quantitative estimate of drug-likeness (QED) is 0.535. The number of nitrogens with zero attached hydrogens (tertiary/aromatic N) is 3. The molecule has 3 aromatic heterocycles. The van der Waals surface area contributed by atoms with Crippen molar-refractivity contribution in [2.45, 2.75) is 19.5 Å². The zero-order valence-corrected chi connectivity index (χ0v) is 16.4. The minimum atomic E-state index is -0.192. The van der Waals surface area contributed by atoms with E-state index in [1.807, 2.05) is 36.4 Å². The molecule has 6 nitrogen and oxygen atoms in total. The van der Waals surface area contributed by atoms with Crippen molar-refractivity contribution in [3.63, 3.8) is 0 Å². The fourth-order valence-electron chi connectivity index (χ4n) is 3.24. The van der Waals surface area contributed by atoms with Crippen LogP contribution in [0.3, 0.4) is 0 Å². The molecule has 0 fully saturated rings. The highest BCUT2D eigenvalue weighted by Crippen LogP contribution is 2.23. The van der Waals surface area contributed by atoms with E-state index in [-0.39, 0.29) is 11.6 Å². The predicted octanol–water partition coefficient (Wildman–Crippen LogP) is 4.28. The molecule has 146 valence electrons. The summed E-state index contributed by atoms with van der Waals surface area (Å²) >= 11 is 0. The van der Waals surface area contributed by atoms with Gasteiger partial charge in [0.15, 0.2) is 0 Å². The molecule has 1 N–H and O–H groups in total. The van der Waals surface area contributed by atoms with Gasteiger partial charge in [0.25, 0.3) is 5.56 Å². The van der Waals surface area contributed by atoms with Gasteiger partial charge < -0.3 is 9.40 Å². The van der Waals surface area contributed by atoms with Crippen LogP contribution in [0.25, 0.3) is 22.6 Å². The van der Waals surface area contributed by atoms with Crippen molar-refractivity contribution in [2.24, 2.45) is 0 Å². The van der Waals surface area contributed by atoms with E-state index in [0.717, 1.165) is 29.0 Å². The van der Waals surface area contributed by atoms with Gasteiger partial charge in [-0.15, -0.1) is 0 Å². The fourth-order valence-corrected chi connectivity index (χ4v) is 3.24. The van der Waals surface area contributed by atoms with Crippen molar-refractivity contribution in [3.05, 3.63) is 94.9 Å². The summed E-state index contributed by atoms with van der Waals surface area (Å²) in [7, 11) is 2.06. The van der Waals surface area contributed by atoms with Crippen LogP contribution in [0.5, 0.6) is 0 Å². The number of aromatic amines is 1. The number of hydrogen-bond acceptors (Lipinski definition) is 5. The lowest BCUT2D eigenvalue weighted by atomic mass is 10.1. The molecular formula is C23H22N4O2. The SMILES string of the molecule is C[C@@H](c1ccco1)N(C)Cc1cccc(-c2nc(-c3cccnc3)cc(=O)[nH]2)c1. The van der Waals surface area contributed by atoms with Gasteiger partial charge in [-0.05, 0) is 49.9 Å². The lowest BCUT2D eigenvalue weighted by Crippen LogP contribution is -2.21. The number of H-pyrrole nitrogens is 1. The topological polar surface area (TPSA) is 75.0 Å². The Hall–Kier alpha value is -3.51. The molecule has 0 saturated carbocycles. The first kappa shape index (κ1) is 18.8. The molecule has 0 saturated heterocycles. The van der Waals surface area contributed by atoms with Crippen molar-refractivity contribution in [3.8, 4) is 22.6 Å². The molecular weight excluding hydrogens is 364 g/mol. The summed E-state index contributed by atoms with van der Waals surface area (Å²) in [6, 6.07) is 17.3. The van der Waals surface area contributed by atoms with E-state index in [0.29, 0.717) is 11.5 Å². The Kier molecular flexibility index (Phi) is 5.35. The molecule has 1 atom stereocenters. The summed E-state index contributed by atoms with van der Waals surface area (Å²) in [6.45, 7) is 2.85. The molecule has 0 radical (unpaired) electrons. The Morgan fingerprint density at radius 1 is 1.10 bits per heavy atom. The lowest BCUT2D eigenvalue weighted by Gasteiger charge is -2.23. The predicted molar refractivity (Wildman–Crippen MR) is 112 cm³/mol. The van der Waals surface area contributed by atoms with Gasteiger partial charge >= 0.3 is 0 Å². The average molecular weight is 386 g/mol. The Morgan fingerprint density at radius 2 is 1.97 bits per heavy atom. The second-order valence-electron chi connectivity index (χ2n) is 7.03. The van der Waals surface area contributed by atoms with Crippen LogP contribution < -0.4 is 5.56 Å². The largest absolute Gasteiger partial charge is 0.468 e. The third-order valence-corrected chi connectivity index (χ3v) is 4.95. The molecule has 0 unspecified atom stereocenters. The van der Waals surface area contributed by atoms with E-state index in [2.05, 4.69) is 46.0 Å². The summed E-state index contributed by atoms with van der Waals surface area (Å²) in [5.74, 6) is 1.47. The second kappa shape index (κ2) is 8.24. The van der Waals surface area contributed by atoms with Gasteiger partial charge in [-0.3, -0.25) is 14.7 Å². The molecule has 4 rings (SSSR count). The van der Waals surface area contributed by atoms with Crippen LogP contribution in [0, 0.1) is 0 Å². The molecule has 0 aliphatic carbocycles. The standard InChI is InChI=1S/C23H22N4O2/c1-16(21-9-5-11-29-21)27(2)15-17-6-3-7-18(12-17)23-25-20(13-22(28)26-23)19-8-4-10-24-14-19/h3-14,16H,15H2,1-2H3,(H,25,26,28)/t16-/m0/s1. The van der Waals surface area contributed by atoms with Gasteiger partial charge in [0.05, 0.1) is 18.0 Å². The molecule has 4 aromatic rings. The van der Waals surface area contributed by atoms with Crippen molar-refractivity contribution >= 4 is 0 Å².